The Bertz CT molecular complexity index is 8.00. The van der Waals surface area contributed by atoms with Crippen LogP contribution in [0.25, 0.3) is 0 Å². The first-order valence-corrected chi connectivity index (χ1v) is 0. The van der Waals surface area contributed by atoms with Gasteiger partial charge in [0, 0.05) is 45.7 Å². The fraction of sp³-hybridized carbons (Fsp3) is 0. The van der Waals surface area contributed by atoms with Gasteiger partial charge in [-0.25, -0.2) is 0 Å². The van der Waals surface area contributed by atoms with E-state index in [4.69, 9.17) is 0 Å². The van der Waals surface area contributed by atoms with Crippen molar-refractivity contribution in [3.05, 3.63) is 0 Å². The standard InChI is InChI=1S/Al.H2O.Zn.Zr.3H/h;1H2;;;;;. The number of hydrogen-bond donors (Lipinski definition) is 0. The Morgan fingerprint density at radius 1 is 1.00 bits per heavy atom. The van der Waals surface area contributed by atoms with E-state index in [0.29, 0.717) is 0 Å². The fourth-order valence-electron chi connectivity index (χ4n) is 0. The molecule has 20 valence electrons. The minimum atomic E-state index is 0. The van der Waals surface area contributed by atoms with Crippen LogP contribution in [0, 0.1) is 0 Å². The Kier molecular flexibility index (Phi) is 188. The van der Waals surface area contributed by atoms with E-state index in [2.05, 4.69) is 0 Å². The molecule has 0 fully saturated rings. The number of rotatable bonds is 0. The molecule has 0 amide bonds. The third-order valence-electron chi connectivity index (χ3n) is 0. The van der Waals surface area contributed by atoms with E-state index >= 15 is 0 Å². The Morgan fingerprint density at radius 3 is 1.00 bits per heavy atom. The van der Waals surface area contributed by atoms with E-state index in [1.165, 1.54) is 0 Å². The zero-order valence-corrected chi connectivity index (χ0v) is 7.13. The summed E-state index contributed by atoms with van der Waals surface area (Å²) in [5.74, 6) is 0. The van der Waals surface area contributed by atoms with Gasteiger partial charge in [0.25, 0.3) is 0 Å². The number of hydrogen-bond acceptors (Lipinski definition) is 0. The molecule has 0 heterocycles. The Hall–Kier alpha value is 2.00. The van der Waals surface area contributed by atoms with Gasteiger partial charge in [-0.15, -0.1) is 0 Å². The summed E-state index contributed by atoms with van der Waals surface area (Å²) in [6, 6.07) is 0. The summed E-state index contributed by atoms with van der Waals surface area (Å²) < 4.78 is 0. The third-order valence-corrected chi connectivity index (χ3v) is 0. The molecule has 0 radical (unpaired) electrons. The van der Waals surface area contributed by atoms with Gasteiger partial charge >= 0.3 is 0 Å². The zero-order chi connectivity index (χ0) is 0. The molecule has 0 bridgehead atoms. The summed E-state index contributed by atoms with van der Waals surface area (Å²) in [5.41, 5.74) is 0. The maximum absolute atomic E-state index is 0. The van der Waals surface area contributed by atoms with Crippen molar-refractivity contribution in [2.24, 2.45) is 0 Å². The summed E-state index contributed by atoms with van der Waals surface area (Å²) in [6.45, 7) is 0. The van der Waals surface area contributed by atoms with Gasteiger partial charge in [-0.2, -0.15) is 0 Å². The molecule has 0 spiro atoms. The molecule has 0 rings (SSSR count). The SMILES string of the molecule is O.[AlH3].[Zn].[Zr]. The van der Waals surface area contributed by atoms with E-state index in [1.807, 2.05) is 0 Å². The van der Waals surface area contributed by atoms with Crippen LogP contribution in [0.1, 0.15) is 0 Å². The summed E-state index contributed by atoms with van der Waals surface area (Å²) in [5, 5.41) is 0. The van der Waals surface area contributed by atoms with Gasteiger partial charge < -0.3 is 5.48 Å². The van der Waals surface area contributed by atoms with Crippen molar-refractivity contribution < 1.29 is 51.2 Å². The molecule has 0 saturated carbocycles. The Balaban J connectivity index is 0. The molecule has 4 heteroatoms. The van der Waals surface area contributed by atoms with Crippen molar-refractivity contribution >= 4 is 17.4 Å². The Morgan fingerprint density at radius 2 is 1.00 bits per heavy atom. The summed E-state index contributed by atoms with van der Waals surface area (Å²) in [6.07, 6.45) is 0. The van der Waals surface area contributed by atoms with Crippen LogP contribution >= 0.6 is 0 Å². The van der Waals surface area contributed by atoms with Gasteiger partial charge in [0.15, 0.2) is 17.4 Å². The van der Waals surface area contributed by atoms with E-state index in [0.717, 1.165) is 0 Å². The summed E-state index contributed by atoms with van der Waals surface area (Å²) in [4.78, 5) is 0. The molecule has 4 heavy (non-hydrogen) atoms. The average molecular weight is 205 g/mol. The first kappa shape index (κ1) is 37.5. The van der Waals surface area contributed by atoms with E-state index in [-0.39, 0.29) is 68.5 Å². The van der Waals surface area contributed by atoms with Crippen molar-refractivity contribution in [2.75, 3.05) is 0 Å². The molecule has 0 aromatic heterocycles. The van der Waals surface area contributed by atoms with Crippen molar-refractivity contribution in [1.82, 2.24) is 0 Å². The van der Waals surface area contributed by atoms with Crippen LogP contribution in [0.2, 0.25) is 0 Å². The predicted octanol–water partition coefficient (Wildman–Crippen LogP) is -2.01. The molecule has 0 aliphatic rings. The van der Waals surface area contributed by atoms with Gasteiger partial charge in [0.1, 0.15) is 0 Å². The van der Waals surface area contributed by atoms with Gasteiger partial charge in [0.05, 0.1) is 0 Å². The molecule has 0 aromatic rings. The molecule has 0 unspecified atom stereocenters. The van der Waals surface area contributed by atoms with Gasteiger partial charge in [-0.3, -0.25) is 0 Å². The van der Waals surface area contributed by atoms with Gasteiger partial charge in [-0.05, 0) is 0 Å². The minimum absolute atomic E-state index is 0. The molecule has 1 nitrogen and oxygen atoms in total. The quantitative estimate of drug-likeness (QED) is 0.409. The maximum Gasteiger partial charge on any atom is 0.187 e. The smallest absolute Gasteiger partial charge is 0.187 e. The first-order chi connectivity index (χ1) is 0. The second kappa shape index (κ2) is 20.0. The van der Waals surface area contributed by atoms with Crippen LogP contribution < -0.4 is 0 Å². The monoisotopic (exact) mass is 202 g/mol. The largest absolute Gasteiger partial charge is 0.412 e. The topological polar surface area (TPSA) is 31.5 Å². The van der Waals surface area contributed by atoms with Crippen molar-refractivity contribution in [1.29, 1.82) is 0 Å². The predicted molar refractivity (Wildman–Crippen MR) is 13.6 cm³/mol. The fourth-order valence-corrected chi connectivity index (χ4v) is 0. The molecule has 0 aliphatic heterocycles. The van der Waals surface area contributed by atoms with Crippen LogP contribution in [-0.4, -0.2) is 22.8 Å². The minimum Gasteiger partial charge on any atom is -0.412 e. The molecule has 0 saturated heterocycles. The third kappa shape index (κ3) is 9.00. The Labute approximate surface area is 67.9 Å². The molecule has 0 aliphatic carbocycles. The molecule has 0 atom stereocenters. The zero-order valence-electron chi connectivity index (χ0n) is 1.71. The summed E-state index contributed by atoms with van der Waals surface area (Å²) in [7, 11) is 0. The van der Waals surface area contributed by atoms with E-state index < -0.39 is 0 Å². The van der Waals surface area contributed by atoms with Crippen LogP contribution in [-0.2, 0) is 45.7 Å². The van der Waals surface area contributed by atoms with E-state index in [9.17, 15) is 0 Å². The van der Waals surface area contributed by atoms with Gasteiger partial charge in [-0.1, -0.05) is 0 Å². The van der Waals surface area contributed by atoms with Crippen LogP contribution in [0.4, 0.5) is 0 Å². The van der Waals surface area contributed by atoms with Crippen LogP contribution in [0.5, 0.6) is 0 Å². The van der Waals surface area contributed by atoms with Crippen molar-refractivity contribution in [2.45, 2.75) is 0 Å². The van der Waals surface area contributed by atoms with E-state index in [1.54, 1.807) is 0 Å². The second-order valence-corrected chi connectivity index (χ2v) is 0. The van der Waals surface area contributed by atoms with Crippen LogP contribution in [0.15, 0.2) is 0 Å². The molecular formula is H5AlOZnZr. The second-order valence-electron chi connectivity index (χ2n) is 0. The normalized spacial score (nSPS) is 0. The maximum atomic E-state index is 0. The van der Waals surface area contributed by atoms with Crippen molar-refractivity contribution in [3.63, 3.8) is 0 Å². The molecule has 2 N–H and O–H groups in total. The average Bonchev–Trinajstić information content (AvgIpc) is 0. The van der Waals surface area contributed by atoms with Crippen molar-refractivity contribution in [3.8, 4) is 0 Å². The van der Waals surface area contributed by atoms with Gasteiger partial charge in [0.2, 0.25) is 0 Å². The first-order valence-electron chi connectivity index (χ1n) is 0. The van der Waals surface area contributed by atoms with Crippen LogP contribution in [0.3, 0.4) is 0 Å². The molecular weight excluding hydrogens is 200 g/mol. The molecule has 0 aromatic carbocycles. The summed E-state index contributed by atoms with van der Waals surface area (Å²) >= 11 is 0.